The number of fused-ring (bicyclic) bond motifs is 6. The standard InChI is InChI=1S/C33H28BrN7O3.C32H26N8O3S/c1-32(2)15-20-19(11-12-23(42)28(20)44-32)27-26-29(35)36-17-37-30(26)40(39-27)16-24-38-22-10-6-9-21(34)25(22)31(43)41(24)33(13-14-33)18-7-4-3-5-8-18;1-32(2)14-21-20(8-9-23(41)28(21)43-32)27-26-29(33)34-17-35-30(26)39(37-27)15-24-36-22-7-5-6-19(18-10-13-44-16-18)25(22)31(42)40(24)38-11-3-4-12-38/h3-12,17,42H,13-16H2,1-2H3,(H2,35,36,37);3-13,16-17,41H,14-15H2,1-2H3,(H2,33,34,35). The molecule has 3 aliphatic rings. The fraction of sp³-hybridized carbons (Fsp3) is 0.200. The molecule has 0 amide bonds. The fourth-order valence-corrected chi connectivity index (χ4v) is 13.9. The predicted octanol–water partition coefficient (Wildman–Crippen LogP) is 10.6. The number of nitrogens with zero attached hydrogens (tertiary/aromatic N) is 13. The van der Waals surface area contributed by atoms with Gasteiger partial charge in [-0.05, 0) is 145 Å². The summed E-state index contributed by atoms with van der Waals surface area (Å²) < 4.78 is 21.4. The highest BCUT2D eigenvalue weighted by molar-refractivity contribution is 9.10. The van der Waals surface area contributed by atoms with Crippen molar-refractivity contribution < 1.29 is 19.7 Å². The van der Waals surface area contributed by atoms with Gasteiger partial charge in [0.15, 0.2) is 40.1 Å². The molecule has 8 aromatic heterocycles. The zero-order valence-electron chi connectivity index (χ0n) is 47.9. The molecule has 0 unspecified atom stereocenters. The van der Waals surface area contributed by atoms with Gasteiger partial charge in [-0.3, -0.25) is 18.8 Å². The van der Waals surface area contributed by atoms with Gasteiger partial charge in [0.2, 0.25) is 0 Å². The Bertz CT molecular complexity index is 5130. The Morgan fingerprint density at radius 3 is 1.73 bits per heavy atom. The van der Waals surface area contributed by atoms with Crippen LogP contribution < -0.4 is 32.1 Å². The van der Waals surface area contributed by atoms with E-state index in [4.69, 9.17) is 41.1 Å². The van der Waals surface area contributed by atoms with E-state index in [1.54, 1.807) is 54.6 Å². The molecule has 13 aromatic rings. The van der Waals surface area contributed by atoms with E-state index < -0.39 is 16.7 Å². The van der Waals surface area contributed by atoms with E-state index in [0.717, 1.165) is 51.8 Å². The van der Waals surface area contributed by atoms with Crippen LogP contribution in [0.5, 0.6) is 23.0 Å². The van der Waals surface area contributed by atoms with Gasteiger partial charge in [0, 0.05) is 52.0 Å². The first-order valence-corrected chi connectivity index (χ1v) is 30.2. The van der Waals surface area contributed by atoms with E-state index in [1.165, 1.54) is 12.7 Å². The quantitative estimate of drug-likeness (QED) is 0.0991. The number of hydrogen-bond donors (Lipinski definition) is 4. The molecule has 438 valence electrons. The van der Waals surface area contributed by atoms with Crippen molar-refractivity contribution in [3.05, 3.63) is 199 Å². The highest BCUT2D eigenvalue weighted by Gasteiger charge is 2.49. The van der Waals surface area contributed by atoms with Gasteiger partial charge in [-0.1, -0.05) is 48.5 Å². The van der Waals surface area contributed by atoms with Crippen LogP contribution in [0.25, 0.3) is 77.5 Å². The first-order valence-electron chi connectivity index (χ1n) is 28.5. The summed E-state index contributed by atoms with van der Waals surface area (Å²) in [6, 6.07) is 34.0. The second kappa shape index (κ2) is 20.2. The average molecular weight is 1250 g/mol. The SMILES string of the molecule is CC1(C)Cc2c(-c3nn(Cc4nc5cccc(-c6ccsc6)c5c(=O)n4-n4cccc4)c4ncnc(N)c34)ccc(O)c2O1.CC1(C)Cc2c(-c3nn(Cc4nc5cccc(Br)c5c(=O)n4C4(c5ccccc5)CC4)c4ncnc(N)c34)ccc(O)c2O1. The topological polar surface area (TPSA) is 273 Å². The number of nitrogens with two attached hydrogens (primary N) is 2. The number of aromatic nitrogens is 13. The minimum Gasteiger partial charge on any atom is -0.504 e. The number of ether oxygens (including phenoxy) is 2. The second-order valence-corrected chi connectivity index (χ2v) is 25.1. The third-order valence-corrected chi connectivity index (χ3v) is 18.0. The number of rotatable bonds is 10. The first-order chi connectivity index (χ1) is 42.5. The highest BCUT2D eigenvalue weighted by atomic mass is 79.9. The molecular formula is C65H54BrN15O6S. The van der Waals surface area contributed by atoms with Crippen LogP contribution >= 0.6 is 27.3 Å². The third-order valence-electron chi connectivity index (χ3n) is 16.6. The molecular weight excluding hydrogens is 1200 g/mol. The van der Waals surface area contributed by atoms with Crippen molar-refractivity contribution in [2.24, 2.45) is 0 Å². The molecule has 2 aliphatic heterocycles. The molecule has 0 radical (unpaired) electrons. The summed E-state index contributed by atoms with van der Waals surface area (Å²) in [6.45, 7) is 8.19. The molecule has 6 N–H and O–H groups in total. The van der Waals surface area contributed by atoms with Crippen molar-refractivity contribution in [2.75, 3.05) is 11.5 Å². The maximum atomic E-state index is 14.4. The molecule has 0 atom stereocenters. The van der Waals surface area contributed by atoms with Gasteiger partial charge in [-0.2, -0.15) is 26.2 Å². The van der Waals surface area contributed by atoms with Gasteiger partial charge in [0.05, 0.1) is 38.1 Å². The summed E-state index contributed by atoms with van der Waals surface area (Å²) in [6.07, 6.45) is 9.20. The highest BCUT2D eigenvalue weighted by Crippen LogP contribution is 2.51. The molecule has 10 heterocycles. The van der Waals surface area contributed by atoms with Crippen LogP contribution in [0.2, 0.25) is 0 Å². The largest absolute Gasteiger partial charge is 0.504 e. The van der Waals surface area contributed by atoms with Crippen LogP contribution in [0.15, 0.2) is 159 Å². The van der Waals surface area contributed by atoms with Crippen LogP contribution in [-0.4, -0.2) is 84.8 Å². The summed E-state index contributed by atoms with van der Waals surface area (Å²) in [5, 5.41) is 37.5. The van der Waals surface area contributed by atoms with Crippen LogP contribution in [0.1, 0.15) is 68.9 Å². The van der Waals surface area contributed by atoms with E-state index in [9.17, 15) is 19.8 Å². The van der Waals surface area contributed by atoms with Crippen LogP contribution in [0.4, 0.5) is 11.6 Å². The van der Waals surface area contributed by atoms with Gasteiger partial charge in [-0.15, -0.1) is 0 Å². The van der Waals surface area contributed by atoms with Crippen LogP contribution in [0.3, 0.4) is 0 Å². The van der Waals surface area contributed by atoms with Gasteiger partial charge >= 0.3 is 0 Å². The third kappa shape index (κ3) is 8.84. The smallest absolute Gasteiger partial charge is 0.281 e. The molecule has 16 rings (SSSR count). The number of thiophene rings is 1. The Morgan fingerprint density at radius 2 is 1.16 bits per heavy atom. The number of phenolic OH excluding ortho intramolecular Hbond substituents is 2. The maximum Gasteiger partial charge on any atom is 0.281 e. The van der Waals surface area contributed by atoms with E-state index in [2.05, 4.69) is 48.0 Å². The Labute approximate surface area is 512 Å². The Balaban J connectivity index is 0.000000148. The molecule has 21 nitrogen and oxygen atoms in total. The normalized spacial score (nSPS) is 15.1. The van der Waals surface area contributed by atoms with Crippen molar-refractivity contribution in [3.8, 4) is 56.6 Å². The number of nitrogen functional groups attached to an aromatic ring is 2. The van der Waals surface area contributed by atoms with E-state index in [-0.39, 0.29) is 47.3 Å². The predicted molar refractivity (Wildman–Crippen MR) is 340 cm³/mol. The maximum absolute atomic E-state index is 14.4. The summed E-state index contributed by atoms with van der Waals surface area (Å²) in [5.74, 6) is 2.60. The van der Waals surface area contributed by atoms with E-state index in [1.807, 2.05) is 128 Å². The number of phenols is 2. The lowest BCUT2D eigenvalue weighted by Gasteiger charge is -2.23. The molecule has 88 heavy (non-hydrogen) atoms. The van der Waals surface area contributed by atoms with Crippen LogP contribution in [0, 0.1) is 0 Å². The van der Waals surface area contributed by atoms with Crippen molar-refractivity contribution in [1.29, 1.82) is 0 Å². The number of halogens is 1. The average Bonchev–Trinajstić information content (AvgIpc) is 1.70. The molecule has 23 heteroatoms. The molecule has 1 fully saturated rings. The molecule has 5 aromatic carbocycles. The number of hydrogen-bond acceptors (Lipinski definition) is 17. The van der Waals surface area contributed by atoms with E-state index >= 15 is 0 Å². The molecule has 0 saturated heterocycles. The molecule has 0 bridgehead atoms. The minimum absolute atomic E-state index is 0.0696. The molecule has 1 aliphatic carbocycles. The lowest BCUT2D eigenvalue weighted by molar-refractivity contribution is 0.134. The number of aromatic hydroxyl groups is 2. The lowest BCUT2D eigenvalue weighted by Crippen LogP contribution is -2.36. The number of anilines is 2. The monoisotopic (exact) mass is 1250 g/mol. The van der Waals surface area contributed by atoms with Crippen molar-refractivity contribution >= 4 is 82.8 Å². The molecule has 1 saturated carbocycles. The number of benzene rings is 5. The van der Waals surface area contributed by atoms with Gasteiger partial charge < -0.3 is 31.2 Å². The first kappa shape index (κ1) is 54.4. The Hall–Kier alpha value is -10.3. The zero-order chi connectivity index (χ0) is 60.5. The van der Waals surface area contributed by atoms with Crippen molar-refractivity contribution in [1.82, 2.24) is 63.4 Å². The second-order valence-electron chi connectivity index (χ2n) is 23.5. The Kier molecular flexibility index (Phi) is 12.5. The summed E-state index contributed by atoms with van der Waals surface area (Å²) in [4.78, 5) is 56.5. The van der Waals surface area contributed by atoms with Crippen molar-refractivity contribution in [3.63, 3.8) is 0 Å². The lowest BCUT2D eigenvalue weighted by atomic mass is 9.95. The van der Waals surface area contributed by atoms with Crippen molar-refractivity contribution in [2.45, 2.75) is 83.2 Å². The van der Waals surface area contributed by atoms with Gasteiger partial charge in [0.1, 0.15) is 65.8 Å². The fourth-order valence-electron chi connectivity index (χ4n) is 12.7. The summed E-state index contributed by atoms with van der Waals surface area (Å²) >= 11 is 5.17. The Morgan fingerprint density at radius 1 is 0.602 bits per heavy atom. The summed E-state index contributed by atoms with van der Waals surface area (Å²) in [5.41, 5.74) is 20.5. The zero-order valence-corrected chi connectivity index (χ0v) is 50.3. The van der Waals surface area contributed by atoms with E-state index in [0.29, 0.717) is 95.7 Å². The molecule has 0 spiro atoms. The van der Waals surface area contributed by atoms with Gasteiger partial charge in [-0.25, -0.2) is 39.3 Å². The van der Waals surface area contributed by atoms with Gasteiger partial charge in [0.25, 0.3) is 11.1 Å². The van der Waals surface area contributed by atoms with Crippen LogP contribution in [-0.2, 0) is 31.5 Å². The minimum atomic E-state index is -0.509. The summed E-state index contributed by atoms with van der Waals surface area (Å²) in [7, 11) is 0.